The average Bonchev–Trinajstić information content (AvgIpc) is 2.42. The Labute approximate surface area is 113 Å². The second-order valence-corrected chi connectivity index (χ2v) is 4.23. The van der Waals surface area contributed by atoms with Gasteiger partial charge in [-0.2, -0.15) is 0 Å². The van der Waals surface area contributed by atoms with Gasteiger partial charge in [-0.25, -0.2) is 4.39 Å². The van der Waals surface area contributed by atoms with Gasteiger partial charge in [-0.05, 0) is 31.2 Å². The third kappa shape index (κ3) is 5.55. The van der Waals surface area contributed by atoms with E-state index < -0.39 is 0 Å². The molecule has 0 aromatic heterocycles. The second-order valence-electron chi connectivity index (χ2n) is 4.23. The SMILES string of the molecule is CNC(COCCOC)Cc1ccc(OC)c(F)c1. The highest BCUT2D eigenvalue weighted by Crippen LogP contribution is 2.18. The van der Waals surface area contributed by atoms with E-state index in [9.17, 15) is 4.39 Å². The summed E-state index contributed by atoms with van der Waals surface area (Å²) >= 11 is 0. The molecule has 4 nitrogen and oxygen atoms in total. The van der Waals surface area contributed by atoms with Crippen LogP contribution in [0.1, 0.15) is 5.56 Å². The summed E-state index contributed by atoms with van der Waals surface area (Å²) in [4.78, 5) is 0. The Morgan fingerprint density at radius 2 is 2.05 bits per heavy atom. The molecule has 0 aliphatic heterocycles. The monoisotopic (exact) mass is 271 g/mol. The first-order chi connectivity index (χ1) is 9.21. The molecule has 19 heavy (non-hydrogen) atoms. The lowest BCUT2D eigenvalue weighted by Gasteiger charge is -2.16. The van der Waals surface area contributed by atoms with Crippen LogP contribution >= 0.6 is 0 Å². The topological polar surface area (TPSA) is 39.7 Å². The molecule has 1 atom stereocenters. The van der Waals surface area contributed by atoms with Crippen molar-refractivity contribution in [1.29, 1.82) is 0 Å². The summed E-state index contributed by atoms with van der Waals surface area (Å²) in [5.74, 6) is -0.0729. The largest absolute Gasteiger partial charge is 0.494 e. The van der Waals surface area contributed by atoms with Gasteiger partial charge < -0.3 is 19.5 Å². The van der Waals surface area contributed by atoms with Crippen LogP contribution in [0.5, 0.6) is 5.75 Å². The summed E-state index contributed by atoms with van der Waals surface area (Å²) in [6, 6.07) is 5.15. The van der Waals surface area contributed by atoms with Gasteiger partial charge >= 0.3 is 0 Å². The Bertz CT molecular complexity index is 374. The summed E-state index contributed by atoms with van der Waals surface area (Å²) in [5, 5.41) is 3.16. The molecular formula is C14H22FNO3. The number of methoxy groups -OCH3 is 2. The zero-order valence-electron chi connectivity index (χ0n) is 11.7. The zero-order chi connectivity index (χ0) is 14.1. The van der Waals surface area contributed by atoms with Gasteiger partial charge in [0, 0.05) is 13.2 Å². The van der Waals surface area contributed by atoms with Gasteiger partial charge in [0.25, 0.3) is 0 Å². The zero-order valence-corrected chi connectivity index (χ0v) is 11.7. The number of halogens is 1. The molecule has 0 fully saturated rings. The highest BCUT2D eigenvalue weighted by atomic mass is 19.1. The van der Waals surface area contributed by atoms with Crippen LogP contribution in [0.25, 0.3) is 0 Å². The van der Waals surface area contributed by atoms with Crippen LogP contribution < -0.4 is 10.1 Å². The number of hydrogen-bond acceptors (Lipinski definition) is 4. The molecule has 0 spiro atoms. The Hall–Kier alpha value is -1.17. The van der Waals surface area contributed by atoms with Crippen molar-refractivity contribution in [1.82, 2.24) is 5.32 Å². The summed E-state index contributed by atoms with van der Waals surface area (Å²) in [5.41, 5.74) is 0.910. The minimum absolute atomic E-state index is 0.143. The number of likely N-dealkylation sites (N-methyl/N-ethyl adjacent to an activating group) is 1. The lowest BCUT2D eigenvalue weighted by molar-refractivity contribution is 0.0597. The fraction of sp³-hybridized carbons (Fsp3) is 0.571. The first kappa shape index (κ1) is 15.9. The standard InChI is InChI=1S/C14H22FNO3/c1-16-12(10-19-7-6-17-2)8-11-4-5-14(18-3)13(15)9-11/h4-5,9,12,16H,6-8,10H2,1-3H3. The highest BCUT2D eigenvalue weighted by Gasteiger charge is 2.10. The molecule has 5 heteroatoms. The van der Waals surface area contributed by atoms with Crippen molar-refractivity contribution < 1.29 is 18.6 Å². The molecule has 0 aliphatic rings. The Balaban J connectivity index is 2.48. The van der Waals surface area contributed by atoms with E-state index in [-0.39, 0.29) is 17.6 Å². The van der Waals surface area contributed by atoms with Crippen molar-refractivity contribution in [3.63, 3.8) is 0 Å². The number of ether oxygens (including phenoxy) is 3. The Morgan fingerprint density at radius 3 is 2.63 bits per heavy atom. The van der Waals surface area contributed by atoms with Crippen LogP contribution in [0, 0.1) is 5.82 Å². The molecule has 1 aromatic rings. The maximum atomic E-state index is 13.6. The fourth-order valence-electron chi connectivity index (χ4n) is 1.73. The Kier molecular flexibility index (Phi) is 7.40. The average molecular weight is 271 g/mol. The van der Waals surface area contributed by atoms with Gasteiger partial charge in [0.15, 0.2) is 11.6 Å². The van der Waals surface area contributed by atoms with Gasteiger partial charge in [-0.3, -0.25) is 0 Å². The number of hydrogen-bond donors (Lipinski definition) is 1. The van der Waals surface area contributed by atoms with E-state index in [2.05, 4.69) is 5.32 Å². The van der Waals surface area contributed by atoms with E-state index in [1.807, 2.05) is 13.1 Å². The predicted octanol–water partition coefficient (Wildman–Crippen LogP) is 1.63. The lowest BCUT2D eigenvalue weighted by atomic mass is 10.1. The van der Waals surface area contributed by atoms with Crippen molar-refractivity contribution in [3.8, 4) is 5.75 Å². The van der Waals surface area contributed by atoms with E-state index in [1.165, 1.54) is 13.2 Å². The third-order valence-electron chi connectivity index (χ3n) is 2.86. The quantitative estimate of drug-likeness (QED) is 0.693. The molecule has 1 rings (SSSR count). The molecule has 0 saturated heterocycles. The maximum absolute atomic E-state index is 13.6. The maximum Gasteiger partial charge on any atom is 0.165 e. The molecule has 0 bridgehead atoms. The fourth-order valence-corrected chi connectivity index (χ4v) is 1.73. The molecule has 108 valence electrons. The van der Waals surface area contributed by atoms with Crippen molar-refractivity contribution in [2.75, 3.05) is 41.1 Å². The van der Waals surface area contributed by atoms with Crippen molar-refractivity contribution in [3.05, 3.63) is 29.6 Å². The molecular weight excluding hydrogens is 249 g/mol. The first-order valence-electron chi connectivity index (χ1n) is 6.27. The van der Waals surface area contributed by atoms with Gasteiger partial charge in [-0.1, -0.05) is 6.07 Å². The predicted molar refractivity (Wildman–Crippen MR) is 72.2 cm³/mol. The lowest BCUT2D eigenvalue weighted by Crippen LogP contribution is -2.33. The molecule has 0 radical (unpaired) electrons. The van der Waals surface area contributed by atoms with Crippen LogP contribution in [-0.4, -0.2) is 47.1 Å². The minimum Gasteiger partial charge on any atom is -0.494 e. The molecule has 0 aliphatic carbocycles. The van der Waals surface area contributed by atoms with Gasteiger partial charge in [-0.15, -0.1) is 0 Å². The summed E-state index contributed by atoms with van der Waals surface area (Å²) in [7, 11) is 4.96. The molecule has 0 amide bonds. The highest BCUT2D eigenvalue weighted by molar-refractivity contribution is 5.29. The van der Waals surface area contributed by atoms with E-state index in [1.54, 1.807) is 13.2 Å². The van der Waals surface area contributed by atoms with Crippen LogP contribution in [0.4, 0.5) is 4.39 Å². The molecule has 1 unspecified atom stereocenters. The number of nitrogens with one attached hydrogen (secondary N) is 1. The smallest absolute Gasteiger partial charge is 0.165 e. The van der Waals surface area contributed by atoms with E-state index >= 15 is 0 Å². The third-order valence-corrected chi connectivity index (χ3v) is 2.86. The summed E-state index contributed by atoms with van der Waals surface area (Å²) < 4.78 is 28.8. The van der Waals surface area contributed by atoms with Crippen LogP contribution in [0.15, 0.2) is 18.2 Å². The van der Waals surface area contributed by atoms with Crippen molar-refractivity contribution >= 4 is 0 Å². The van der Waals surface area contributed by atoms with Crippen molar-refractivity contribution in [2.24, 2.45) is 0 Å². The Morgan fingerprint density at radius 1 is 1.26 bits per heavy atom. The molecule has 1 aromatic carbocycles. The number of benzene rings is 1. The molecule has 1 N–H and O–H groups in total. The second kappa shape index (κ2) is 8.85. The van der Waals surface area contributed by atoms with E-state index in [4.69, 9.17) is 14.2 Å². The molecule has 0 heterocycles. The first-order valence-corrected chi connectivity index (χ1v) is 6.27. The van der Waals surface area contributed by atoms with Crippen LogP contribution in [0.3, 0.4) is 0 Å². The van der Waals surface area contributed by atoms with E-state index in [0.29, 0.717) is 26.2 Å². The summed E-state index contributed by atoms with van der Waals surface area (Å²) in [6.45, 7) is 1.70. The normalized spacial score (nSPS) is 12.4. The van der Waals surface area contributed by atoms with E-state index in [0.717, 1.165) is 5.56 Å². The summed E-state index contributed by atoms with van der Waals surface area (Å²) in [6.07, 6.45) is 0.699. The number of rotatable bonds is 9. The van der Waals surface area contributed by atoms with Crippen LogP contribution in [-0.2, 0) is 15.9 Å². The van der Waals surface area contributed by atoms with Crippen LogP contribution in [0.2, 0.25) is 0 Å². The van der Waals surface area contributed by atoms with Gasteiger partial charge in [0.05, 0.1) is 26.9 Å². The van der Waals surface area contributed by atoms with Gasteiger partial charge in [0.2, 0.25) is 0 Å². The van der Waals surface area contributed by atoms with Gasteiger partial charge in [0.1, 0.15) is 0 Å². The minimum atomic E-state index is -0.338. The molecule has 0 saturated carbocycles. The van der Waals surface area contributed by atoms with Crippen molar-refractivity contribution in [2.45, 2.75) is 12.5 Å².